The summed E-state index contributed by atoms with van der Waals surface area (Å²) in [6.07, 6.45) is 1.95. The first-order chi connectivity index (χ1) is 12.0. The van der Waals surface area contributed by atoms with Crippen molar-refractivity contribution in [2.45, 2.75) is 45.3 Å². The SMILES string of the molecule is Cc1ccc(N)cc1C(=O)NC1CCN(Cc2ccccc2)C(C)C1. The third kappa shape index (κ3) is 4.40. The molecule has 0 saturated carbocycles. The predicted molar refractivity (Wildman–Crippen MR) is 102 cm³/mol. The number of nitrogens with one attached hydrogen (secondary N) is 1. The van der Waals surface area contributed by atoms with Crippen molar-refractivity contribution in [2.24, 2.45) is 0 Å². The molecule has 1 aliphatic heterocycles. The Labute approximate surface area is 150 Å². The summed E-state index contributed by atoms with van der Waals surface area (Å²) in [5.41, 5.74) is 9.43. The molecule has 1 amide bonds. The number of rotatable bonds is 4. The molecule has 1 aliphatic rings. The normalized spacial score (nSPS) is 21.0. The van der Waals surface area contributed by atoms with Crippen molar-refractivity contribution in [3.8, 4) is 0 Å². The van der Waals surface area contributed by atoms with Gasteiger partial charge in [0.25, 0.3) is 5.91 Å². The van der Waals surface area contributed by atoms with E-state index in [4.69, 9.17) is 5.73 Å². The number of anilines is 1. The summed E-state index contributed by atoms with van der Waals surface area (Å²) in [6, 6.07) is 16.7. The van der Waals surface area contributed by atoms with Gasteiger partial charge in [0.2, 0.25) is 0 Å². The zero-order valence-electron chi connectivity index (χ0n) is 15.0. The number of nitrogens with zero attached hydrogens (tertiary/aromatic N) is 1. The molecule has 4 nitrogen and oxygen atoms in total. The highest BCUT2D eigenvalue weighted by Crippen LogP contribution is 2.21. The van der Waals surface area contributed by atoms with E-state index in [-0.39, 0.29) is 11.9 Å². The summed E-state index contributed by atoms with van der Waals surface area (Å²) >= 11 is 0. The first kappa shape index (κ1) is 17.5. The molecule has 0 radical (unpaired) electrons. The number of hydrogen-bond donors (Lipinski definition) is 2. The van der Waals surface area contributed by atoms with Crippen molar-refractivity contribution < 1.29 is 4.79 Å². The topological polar surface area (TPSA) is 58.4 Å². The summed E-state index contributed by atoms with van der Waals surface area (Å²) in [5.74, 6) is -0.0153. The number of amides is 1. The molecule has 0 spiro atoms. The molecule has 0 aromatic heterocycles. The standard InChI is InChI=1S/C21H27N3O/c1-15-8-9-18(22)13-20(15)21(25)23-19-10-11-24(16(2)12-19)14-17-6-4-3-5-7-17/h3-9,13,16,19H,10-12,14,22H2,1-2H3,(H,23,25). The van der Waals surface area contributed by atoms with Crippen LogP contribution >= 0.6 is 0 Å². The van der Waals surface area contributed by atoms with Gasteiger partial charge in [0.15, 0.2) is 0 Å². The zero-order valence-corrected chi connectivity index (χ0v) is 15.0. The van der Waals surface area contributed by atoms with E-state index in [2.05, 4.69) is 41.4 Å². The van der Waals surface area contributed by atoms with Crippen molar-refractivity contribution in [1.82, 2.24) is 10.2 Å². The molecule has 25 heavy (non-hydrogen) atoms. The van der Waals surface area contributed by atoms with Gasteiger partial charge in [-0.1, -0.05) is 36.4 Å². The Balaban J connectivity index is 1.57. The first-order valence-corrected chi connectivity index (χ1v) is 8.98. The number of carbonyl (C=O) groups is 1. The fourth-order valence-electron chi connectivity index (χ4n) is 3.55. The van der Waals surface area contributed by atoms with Gasteiger partial charge in [0.05, 0.1) is 0 Å². The van der Waals surface area contributed by atoms with E-state index >= 15 is 0 Å². The lowest BCUT2D eigenvalue weighted by molar-refractivity contribution is 0.0866. The molecule has 2 atom stereocenters. The molecular formula is C21H27N3O. The largest absolute Gasteiger partial charge is 0.399 e. The Hall–Kier alpha value is -2.33. The highest BCUT2D eigenvalue weighted by molar-refractivity contribution is 5.96. The summed E-state index contributed by atoms with van der Waals surface area (Å²) in [5, 5.41) is 3.20. The first-order valence-electron chi connectivity index (χ1n) is 8.98. The number of carbonyl (C=O) groups excluding carboxylic acids is 1. The van der Waals surface area contributed by atoms with E-state index in [1.54, 1.807) is 6.07 Å². The molecule has 4 heteroatoms. The second-order valence-corrected chi connectivity index (χ2v) is 7.07. The third-order valence-electron chi connectivity index (χ3n) is 5.08. The second kappa shape index (κ2) is 7.70. The molecule has 1 saturated heterocycles. The Morgan fingerprint density at radius 1 is 1.24 bits per heavy atom. The van der Waals surface area contributed by atoms with Crippen LogP contribution < -0.4 is 11.1 Å². The van der Waals surface area contributed by atoms with Gasteiger partial charge < -0.3 is 11.1 Å². The van der Waals surface area contributed by atoms with Crippen molar-refractivity contribution in [2.75, 3.05) is 12.3 Å². The van der Waals surface area contributed by atoms with Gasteiger partial charge in [-0.05, 0) is 49.9 Å². The lowest BCUT2D eigenvalue weighted by atomic mass is 9.96. The van der Waals surface area contributed by atoms with E-state index in [9.17, 15) is 4.79 Å². The van der Waals surface area contributed by atoms with Crippen molar-refractivity contribution in [3.63, 3.8) is 0 Å². The summed E-state index contributed by atoms with van der Waals surface area (Å²) in [7, 11) is 0. The maximum atomic E-state index is 12.6. The van der Waals surface area contributed by atoms with Crippen LogP contribution in [0.1, 0.15) is 41.3 Å². The molecule has 132 valence electrons. The monoisotopic (exact) mass is 337 g/mol. The second-order valence-electron chi connectivity index (χ2n) is 7.07. The molecule has 0 aliphatic carbocycles. The maximum absolute atomic E-state index is 12.6. The van der Waals surface area contributed by atoms with E-state index in [1.165, 1.54) is 5.56 Å². The molecule has 1 heterocycles. The van der Waals surface area contributed by atoms with Crippen molar-refractivity contribution >= 4 is 11.6 Å². The Kier molecular flexibility index (Phi) is 5.39. The molecule has 3 N–H and O–H groups in total. The minimum Gasteiger partial charge on any atom is -0.399 e. The molecule has 2 aromatic rings. The number of piperidine rings is 1. The van der Waals surface area contributed by atoms with Gasteiger partial charge in [-0.2, -0.15) is 0 Å². The molecule has 2 aromatic carbocycles. The van der Waals surface area contributed by atoms with Gasteiger partial charge in [0.1, 0.15) is 0 Å². The minimum absolute atomic E-state index is 0.0153. The van der Waals surface area contributed by atoms with Gasteiger partial charge in [-0.3, -0.25) is 9.69 Å². The molecule has 2 unspecified atom stereocenters. The minimum atomic E-state index is -0.0153. The van der Waals surface area contributed by atoms with Crippen LogP contribution in [0.15, 0.2) is 48.5 Å². The average Bonchev–Trinajstić information content (AvgIpc) is 2.60. The summed E-state index contributed by atoms with van der Waals surface area (Å²) < 4.78 is 0. The van der Waals surface area contributed by atoms with E-state index in [0.717, 1.165) is 31.5 Å². The zero-order chi connectivity index (χ0) is 17.8. The highest BCUT2D eigenvalue weighted by Gasteiger charge is 2.26. The number of hydrogen-bond acceptors (Lipinski definition) is 3. The van der Waals surface area contributed by atoms with Crippen molar-refractivity contribution in [3.05, 3.63) is 65.2 Å². The average molecular weight is 337 g/mol. The van der Waals surface area contributed by atoms with Crippen LogP contribution in [0, 0.1) is 6.92 Å². The fraction of sp³-hybridized carbons (Fsp3) is 0.381. The van der Waals surface area contributed by atoms with Gasteiger partial charge in [-0.25, -0.2) is 0 Å². The van der Waals surface area contributed by atoms with Gasteiger partial charge >= 0.3 is 0 Å². The van der Waals surface area contributed by atoms with Gasteiger partial charge in [0, 0.05) is 36.4 Å². The number of nitrogen functional groups attached to an aromatic ring is 1. The van der Waals surface area contributed by atoms with Crippen LogP contribution in [-0.4, -0.2) is 29.4 Å². The molecular weight excluding hydrogens is 310 g/mol. The van der Waals surface area contributed by atoms with Crippen LogP contribution in [0.5, 0.6) is 0 Å². The lowest BCUT2D eigenvalue weighted by Crippen LogP contribution is -2.48. The molecule has 3 rings (SSSR count). The summed E-state index contributed by atoms with van der Waals surface area (Å²) in [4.78, 5) is 15.1. The fourth-order valence-corrected chi connectivity index (χ4v) is 3.55. The number of benzene rings is 2. The molecule has 1 fully saturated rings. The van der Waals surface area contributed by atoms with Crippen LogP contribution in [0.3, 0.4) is 0 Å². The number of likely N-dealkylation sites (tertiary alicyclic amines) is 1. The van der Waals surface area contributed by atoms with E-state index < -0.39 is 0 Å². The van der Waals surface area contributed by atoms with Crippen LogP contribution in [0.4, 0.5) is 5.69 Å². The number of nitrogens with two attached hydrogens (primary N) is 1. The Morgan fingerprint density at radius 3 is 2.72 bits per heavy atom. The Morgan fingerprint density at radius 2 is 2.00 bits per heavy atom. The van der Waals surface area contributed by atoms with Crippen molar-refractivity contribution in [1.29, 1.82) is 0 Å². The number of aryl methyl sites for hydroxylation is 1. The third-order valence-corrected chi connectivity index (χ3v) is 5.08. The smallest absolute Gasteiger partial charge is 0.251 e. The van der Waals surface area contributed by atoms with Crippen LogP contribution in [0.2, 0.25) is 0 Å². The van der Waals surface area contributed by atoms with Crippen LogP contribution in [-0.2, 0) is 6.54 Å². The van der Waals surface area contributed by atoms with Gasteiger partial charge in [-0.15, -0.1) is 0 Å². The van der Waals surface area contributed by atoms with Crippen LogP contribution in [0.25, 0.3) is 0 Å². The predicted octanol–water partition coefficient (Wildman–Crippen LogP) is 3.36. The maximum Gasteiger partial charge on any atom is 0.251 e. The van der Waals surface area contributed by atoms with E-state index in [0.29, 0.717) is 17.3 Å². The molecule has 0 bridgehead atoms. The lowest BCUT2D eigenvalue weighted by Gasteiger charge is -2.38. The summed E-state index contributed by atoms with van der Waals surface area (Å²) in [6.45, 7) is 6.15. The Bertz CT molecular complexity index is 729. The van der Waals surface area contributed by atoms with E-state index in [1.807, 2.05) is 25.1 Å². The quantitative estimate of drug-likeness (QED) is 0.841. The highest BCUT2D eigenvalue weighted by atomic mass is 16.1.